The molecule has 31 heavy (non-hydrogen) atoms. The summed E-state index contributed by atoms with van der Waals surface area (Å²) < 4.78 is 10.1. The van der Waals surface area contributed by atoms with Gasteiger partial charge in [-0.2, -0.15) is 0 Å². The van der Waals surface area contributed by atoms with Crippen LogP contribution in [0.1, 0.15) is 49.4 Å². The summed E-state index contributed by atoms with van der Waals surface area (Å²) in [5.41, 5.74) is 3.77. The van der Waals surface area contributed by atoms with E-state index < -0.39 is 5.97 Å². The average Bonchev–Trinajstić information content (AvgIpc) is 3.07. The number of carbonyl (C=O) groups is 3. The second kappa shape index (κ2) is 9.78. The first-order valence-electron chi connectivity index (χ1n) is 10.3. The van der Waals surface area contributed by atoms with Crippen LogP contribution in [0.2, 0.25) is 0 Å². The first kappa shape index (κ1) is 22.6. The number of aromatic amines is 1. The number of hydrogen-bond donors (Lipinski definition) is 1. The molecule has 0 unspecified atom stereocenters. The number of amides is 1. The predicted octanol–water partition coefficient (Wildman–Crippen LogP) is 2.60. The maximum Gasteiger partial charge on any atom is 0.340 e. The lowest BCUT2D eigenvalue weighted by atomic mass is 10.1. The number of nitrogens with one attached hydrogen (secondary N) is 1. The number of ketones is 1. The number of methoxy groups -OCH3 is 1. The van der Waals surface area contributed by atoms with Gasteiger partial charge in [-0.25, -0.2) is 4.79 Å². The number of nitrogens with zero attached hydrogens (tertiary/aromatic N) is 2. The lowest BCUT2D eigenvalue weighted by Crippen LogP contribution is -2.49. The van der Waals surface area contributed by atoms with E-state index in [0.717, 1.165) is 5.69 Å². The molecule has 0 bridgehead atoms. The number of aryl methyl sites for hydroxylation is 1. The Hall–Kier alpha value is -3.13. The summed E-state index contributed by atoms with van der Waals surface area (Å²) in [7, 11) is 1.54. The van der Waals surface area contributed by atoms with Crippen molar-refractivity contribution in [1.29, 1.82) is 0 Å². The summed E-state index contributed by atoms with van der Waals surface area (Å²) in [6, 6.07) is 7.53. The molecule has 0 spiro atoms. The fourth-order valence-electron chi connectivity index (χ4n) is 3.79. The van der Waals surface area contributed by atoms with Crippen molar-refractivity contribution in [3.05, 3.63) is 52.3 Å². The number of aromatic nitrogens is 1. The minimum atomic E-state index is -0.457. The average molecular weight is 428 g/mol. The quantitative estimate of drug-likeness (QED) is 0.415. The van der Waals surface area contributed by atoms with Gasteiger partial charge in [0.2, 0.25) is 0 Å². The number of esters is 1. The summed E-state index contributed by atoms with van der Waals surface area (Å²) in [5.74, 6) is -0.537. The van der Waals surface area contributed by atoms with Crippen LogP contribution in [0.4, 0.5) is 5.69 Å². The maximum absolute atomic E-state index is 13.1. The molecule has 8 nitrogen and oxygen atoms in total. The van der Waals surface area contributed by atoms with Gasteiger partial charge < -0.3 is 24.3 Å². The van der Waals surface area contributed by atoms with Gasteiger partial charge in [0.1, 0.15) is 12.3 Å². The molecule has 1 aliphatic heterocycles. The number of Topliss-reactive ketones (excluding diaryl/α,β-unsaturated/α-hetero) is 1. The summed E-state index contributed by atoms with van der Waals surface area (Å²) in [6.07, 6.45) is 0. The molecule has 1 N–H and O–H groups in total. The van der Waals surface area contributed by atoms with Crippen LogP contribution in [-0.4, -0.2) is 74.0 Å². The SMILES string of the molecule is COCCOC(=O)c1c(C)[nH]c(C(=O)N2CCN(c3ccc(C(C)=O)cc3)CC2)c1C. The molecular formula is C23H29N3O5. The predicted molar refractivity (Wildman–Crippen MR) is 117 cm³/mol. The number of rotatable bonds is 7. The van der Waals surface area contributed by atoms with Gasteiger partial charge in [0.05, 0.1) is 12.2 Å². The molecule has 3 rings (SSSR count). The fraction of sp³-hybridized carbons (Fsp3) is 0.435. The lowest BCUT2D eigenvalue weighted by molar-refractivity contribution is 0.0386. The van der Waals surface area contributed by atoms with E-state index in [1.165, 1.54) is 7.11 Å². The van der Waals surface area contributed by atoms with Crippen molar-refractivity contribution in [2.75, 3.05) is 51.4 Å². The Morgan fingerprint density at radius 3 is 2.23 bits per heavy atom. The summed E-state index contributed by atoms with van der Waals surface area (Å²) >= 11 is 0. The second-order valence-corrected chi connectivity index (χ2v) is 7.64. The molecule has 0 aliphatic carbocycles. The van der Waals surface area contributed by atoms with Crippen molar-refractivity contribution < 1.29 is 23.9 Å². The van der Waals surface area contributed by atoms with Crippen LogP contribution in [0.25, 0.3) is 0 Å². The number of ether oxygens (including phenoxy) is 2. The molecule has 2 heterocycles. The highest BCUT2D eigenvalue weighted by molar-refractivity contribution is 6.00. The van der Waals surface area contributed by atoms with Gasteiger partial charge in [0.15, 0.2) is 5.78 Å². The van der Waals surface area contributed by atoms with Crippen molar-refractivity contribution in [1.82, 2.24) is 9.88 Å². The zero-order chi connectivity index (χ0) is 22.5. The van der Waals surface area contributed by atoms with Crippen LogP contribution >= 0.6 is 0 Å². The van der Waals surface area contributed by atoms with Crippen LogP contribution in [-0.2, 0) is 9.47 Å². The van der Waals surface area contributed by atoms with E-state index >= 15 is 0 Å². The molecule has 0 radical (unpaired) electrons. The third-order valence-electron chi connectivity index (χ3n) is 5.58. The Morgan fingerprint density at radius 1 is 1.00 bits per heavy atom. The third kappa shape index (κ3) is 4.96. The standard InChI is InChI=1S/C23H29N3O5/c1-15-20(23(29)31-14-13-30-4)16(2)24-21(15)22(28)26-11-9-25(10-12-26)19-7-5-18(6-8-19)17(3)27/h5-8,24H,9-14H2,1-4H3. The van der Waals surface area contributed by atoms with E-state index in [1.54, 1.807) is 25.7 Å². The minimum Gasteiger partial charge on any atom is -0.460 e. The molecule has 1 aromatic heterocycles. The number of H-pyrrole nitrogens is 1. The van der Waals surface area contributed by atoms with Gasteiger partial charge in [-0.3, -0.25) is 9.59 Å². The molecule has 0 saturated carbocycles. The van der Waals surface area contributed by atoms with E-state index in [9.17, 15) is 14.4 Å². The zero-order valence-electron chi connectivity index (χ0n) is 18.5. The minimum absolute atomic E-state index is 0.0422. The Morgan fingerprint density at radius 2 is 1.65 bits per heavy atom. The molecule has 1 aliphatic rings. The first-order chi connectivity index (χ1) is 14.8. The van der Waals surface area contributed by atoms with Gasteiger partial charge in [-0.1, -0.05) is 0 Å². The van der Waals surface area contributed by atoms with Crippen molar-refractivity contribution in [3.8, 4) is 0 Å². The smallest absolute Gasteiger partial charge is 0.340 e. The Bertz CT molecular complexity index is 956. The molecule has 1 saturated heterocycles. The molecule has 1 aromatic carbocycles. The number of anilines is 1. The number of piperazine rings is 1. The van der Waals surface area contributed by atoms with E-state index in [1.807, 2.05) is 24.3 Å². The van der Waals surface area contributed by atoms with Gasteiger partial charge in [-0.05, 0) is 50.6 Å². The van der Waals surface area contributed by atoms with E-state index in [2.05, 4.69) is 9.88 Å². The Kier molecular flexibility index (Phi) is 7.12. The van der Waals surface area contributed by atoms with Gasteiger partial charge in [0.25, 0.3) is 5.91 Å². The summed E-state index contributed by atoms with van der Waals surface area (Å²) in [6.45, 7) is 8.08. The molecule has 1 amide bonds. The normalized spacial score (nSPS) is 13.9. The van der Waals surface area contributed by atoms with Crippen LogP contribution in [0, 0.1) is 13.8 Å². The summed E-state index contributed by atoms with van der Waals surface area (Å²) in [4.78, 5) is 44.0. The van der Waals surface area contributed by atoms with Crippen molar-refractivity contribution in [3.63, 3.8) is 0 Å². The molecule has 0 atom stereocenters. The van der Waals surface area contributed by atoms with Crippen molar-refractivity contribution in [2.45, 2.75) is 20.8 Å². The van der Waals surface area contributed by atoms with E-state index in [0.29, 0.717) is 60.9 Å². The fourth-order valence-corrected chi connectivity index (χ4v) is 3.79. The van der Waals surface area contributed by atoms with E-state index in [4.69, 9.17) is 9.47 Å². The molecule has 1 fully saturated rings. The lowest BCUT2D eigenvalue weighted by Gasteiger charge is -2.36. The van der Waals surface area contributed by atoms with Crippen LogP contribution < -0.4 is 4.90 Å². The van der Waals surface area contributed by atoms with Crippen LogP contribution in [0.5, 0.6) is 0 Å². The molecule has 166 valence electrons. The van der Waals surface area contributed by atoms with Crippen molar-refractivity contribution >= 4 is 23.3 Å². The first-order valence-corrected chi connectivity index (χ1v) is 10.3. The molecular weight excluding hydrogens is 398 g/mol. The van der Waals surface area contributed by atoms with Gasteiger partial charge >= 0.3 is 5.97 Å². The van der Waals surface area contributed by atoms with Crippen LogP contribution in [0.3, 0.4) is 0 Å². The monoisotopic (exact) mass is 427 g/mol. The third-order valence-corrected chi connectivity index (χ3v) is 5.58. The van der Waals surface area contributed by atoms with Crippen molar-refractivity contribution in [2.24, 2.45) is 0 Å². The maximum atomic E-state index is 13.1. The second-order valence-electron chi connectivity index (χ2n) is 7.64. The Labute approximate surface area is 182 Å². The number of hydrogen-bond acceptors (Lipinski definition) is 6. The summed E-state index contributed by atoms with van der Waals surface area (Å²) in [5, 5.41) is 0. The van der Waals surface area contributed by atoms with Gasteiger partial charge in [0, 0.05) is 50.2 Å². The zero-order valence-corrected chi connectivity index (χ0v) is 18.5. The highest BCUT2D eigenvalue weighted by Crippen LogP contribution is 2.22. The van der Waals surface area contributed by atoms with Gasteiger partial charge in [-0.15, -0.1) is 0 Å². The number of carbonyl (C=O) groups excluding carboxylic acids is 3. The highest BCUT2D eigenvalue weighted by Gasteiger charge is 2.28. The topological polar surface area (TPSA) is 91.9 Å². The highest BCUT2D eigenvalue weighted by atomic mass is 16.6. The largest absolute Gasteiger partial charge is 0.460 e. The molecule has 2 aromatic rings. The Balaban J connectivity index is 1.65. The number of benzene rings is 1. The molecule has 8 heteroatoms. The van der Waals surface area contributed by atoms with Crippen LogP contribution in [0.15, 0.2) is 24.3 Å². The van der Waals surface area contributed by atoms with E-state index in [-0.39, 0.29) is 18.3 Å².